The van der Waals surface area contributed by atoms with Gasteiger partial charge in [-0.3, -0.25) is 0 Å². The van der Waals surface area contributed by atoms with E-state index in [-0.39, 0.29) is 0 Å². The van der Waals surface area contributed by atoms with E-state index in [1.165, 1.54) is 44.5 Å². The zero-order valence-electron chi connectivity index (χ0n) is 14.3. The molecule has 1 aromatic heterocycles. The maximum absolute atomic E-state index is 4.49. The molecule has 21 heavy (non-hydrogen) atoms. The number of aromatic nitrogens is 2. The lowest BCUT2D eigenvalue weighted by Gasteiger charge is -2.36. The van der Waals surface area contributed by atoms with Gasteiger partial charge in [0.05, 0.1) is 0 Å². The van der Waals surface area contributed by atoms with Crippen molar-refractivity contribution in [3.8, 4) is 0 Å². The Morgan fingerprint density at radius 3 is 2.76 bits per heavy atom. The maximum Gasteiger partial charge on any atom is 0.108 e. The Labute approximate surface area is 130 Å². The van der Waals surface area contributed by atoms with E-state index in [1.54, 1.807) is 0 Å². The van der Waals surface area contributed by atoms with Gasteiger partial charge in [-0.15, -0.1) is 0 Å². The molecule has 0 aromatic carbocycles. The molecule has 1 N–H and O–H groups in total. The fourth-order valence-corrected chi connectivity index (χ4v) is 3.76. The van der Waals surface area contributed by atoms with Gasteiger partial charge in [0.1, 0.15) is 5.82 Å². The molecule has 0 aliphatic heterocycles. The molecule has 0 amide bonds. The molecule has 3 nitrogen and oxygen atoms in total. The van der Waals surface area contributed by atoms with Crippen molar-refractivity contribution in [1.82, 2.24) is 14.9 Å². The van der Waals surface area contributed by atoms with Crippen LogP contribution in [0.2, 0.25) is 0 Å². The highest BCUT2D eigenvalue weighted by Crippen LogP contribution is 2.37. The molecule has 0 spiro atoms. The minimum atomic E-state index is 0.601. The third-order valence-corrected chi connectivity index (χ3v) is 5.27. The molecule has 3 atom stereocenters. The Bertz CT molecular complexity index is 410. The number of hydrogen-bond acceptors (Lipinski definition) is 2. The highest BCUT2D eigenvalue weighted by atomic mass is 15.0. The molecule has 1 aliphatic rings. The average molecular weight is 291 g/mol. The van der Waals surface area contributed by atoms with E-state index < -0.39 is 0 Å². The van der Waals surface area contributed by atoms with Gasteiger partial charge in [-0.05, 0) is 43.6 Å². The smallest absolute Gasteiger partial charge is 0.108 e. The summed E-state index contributed by atoms with van der Waals surface area (Å²) >= 11 is 0. The summed E-state index contributed by atoms with van der Waals surface area (Å²) in [5, 5.41) is 3.66. The molecule has 1 heterocycles. The maximum atomic E-state index is 4.49. The summed E-state index contributed by atoms with van der Waals surface area (Å²) in [6.45, 7) is 8.05. The molecule has 1 fully saturated rings. The van der Waals surface area contributed by atoms with Gasteiger partial charge in [0.25, 0.3) is 0 Å². The molecule has 0 bridgehead atoms. The molecule has 0 saturated heterocycles. The van der Waals surface area contributed by atoms with Crippen LogP contribution < -0.4 is 5.32 Å². The molecule has 2 rings (SSSR count). The molecule has 1 aliphatic carbocycles. The van der Waals surface area contributed by atoms with Crippen molar-refractivity contribution in [2.24, 2.45) is 24.8 Å². The van der Waals surface area contributed by atoms with Crippen molar-refractivity contribution in [1.29, 1.82) is 0 Å². The molecular formula is C18H33N3. The summed E-state index contributed by atoms with van der Waals surface area (Å²) in [6.07, 6.45) is 12.0. The molecule has 3 unspecified atom stereocenters. The van der Waals surface area contributed by atoms with Gasteiger partial charge < -0.3 is 9.88 Å². The largest absolute Gasteiger partial charge is 0.338 e. The topological polar surface area (TPSA) is 29.9 Å². The second kappa shape index (κ2) is 7.98. The highest BCUT2D eigenvalue weighted by molar-refractivity contribution is 4.93. The van der Waals surface area contributed by atoms with Gasteiger partial charge in [0.2, 0.25) is 0 Å². The summed E-state index contributed by atoms with van der Waals surface area (Å²) < 4.78 is 2.17. The van der Waals surface area contributed by atoms with Crippen molar-refractivity contribution in [3.05, 3.63) is 18.2 Å². The summed E-state index contributed by atoms with van der Waals surface area (Å²) in [6, 6.07) is 0.601. The van der Waals surface area contributed by atoms with Gasteiger partial charge in [-0.1, -0.05) is 33.6 Å². The summed E-state index contributed by atoms with van der Waals surface area (Å²) in [5.74, 6) is 3.91. The van der Waals surface area contributed by atoms with Crippen LogP contribution >= 0.6 is 0 Å². The third-order valence-electron chi connectivity index (χ3n) is 5.27. The van der Waals surface area contributed by atoms with Crippen molar-refractivity contribution in [2.45, 2.75) is 65.3 Å². The van der Waals surface area contributed by atoms with E-state index in [2.05, 4.69) is 48.9 Å². The van der Waals surface area contributed by atoms with Gasteiger partial charge in [0.15, 0.2) is 0 Å². The second-order valence-electron chi connectivity index (χ2n) is 7.16. The van der Waals surface area contributed by atoms with Crippen LogP contribution in [0.4, 0.5) is 0 Å². The van der Waals surface area contributed by atoms with Crippen molar-refractivity contribution in [2.75, 3.05) is 6.54 Å². The van der Waals surface area contributed by atoms with Crippen LogP contribution in [0.5, 0.6) is 0 Å². The zero-order chi connectivity index (χ0) is 15.2. The van der Waals surface area contributed by atoms with E-state index in [0.717, 1.165) is 24.2 Å². The summed E-state index contributed by atoms with van der Waals surface area (Å²) in [4.78, 5) is 4.49. The Kier molecular flexibility index (Phi) is 6.28. The highest BCUT2D eigenvalue weighted by Gasteiger charge is 2.29. The van der Waals surface area contributed by atoms with Crippen LogP contribution in [0.1, 0.15) is 58.7 Å². The van der Waals surface area contributed by atoms with Crippen molar-refractivity contribution < 1.29 is 0 Å². The van der Waals surface area contributed by atoms with Gasteiger partial charge in [-0.2, -0.15) is 0 Å². The molecule has 1 aromatic rings. The van der Waals surface area contributed by atoms with Gasteiger partial charge in [0, 0.05) is 31.9 Å². The fraction of sp³-hybridized carbons (Fsp3) is 0.833. The van der Waals surface area contributed by atoms with Crippen LogP contribution in [0.3, 0.4) is 0 Å². The molecule has 0 radical (unpaired) electrons. The Balaban J connectivity index is 1.91. The van der Waals surface area contributed by atoms with Crippen LogP contribution in [-0.2, 0) is 13.5 Å². The van der Waals surface area contributed by atoms with Gasteiger partial charge in [-0.25, -0.2) is 4.98 Å². The Morgan fingerprint density at radius 2 is 2.14 bits per heavy atom. The summed E-state index contributed by atoms with van der Waals surface area (Å²) in [7, 11) is 2.11. The lowest BCUT2D eigenvalue weighted by atomic mass is 9.71. The number of imidazole rings is 1. The van der Waals surface area contributed by atoms with Crippen LogP contribution in [-0.4, -0.2) is 22.1 Å². The van der Waals surface area contributed by atoms with Crippen molar-refractivity contribution >= 4 is 0 Å². The molecule has 3 heteroatoms. The Hall–Kier alpha value is -0.830. The molecule has 1 saturated carbocycles. The summed E-state index contributed by atoms with van der Waals surface area (Å²) in [5.41, 5.74) is 0. The first-order chi connectivity index (χ1) is 10.1. The van der Waals surface area contributed by atoms with Crippen LogP contribution in [0, 0.1) is 17.8 Å². The van der Waals surface area contributed by atoms with Crippen LogP contribution in [0.15, 0.2) is 12.4 Å². The lowest BCUT2D eigenvalue weighted by molar-refractivity contribution is 0.160. The van der Waals surface area contributed by atoms with E-state index in [4.69, 9.17) is 0 Å². The predicted molar refractivity (Wildman–Crippen MR) is 89.3 cm³/mol. The standard InChI is InChI=1S/C18H33N3/c1-5-15-6-7-17(13-20-14(2)3)16(12-15)8-9-18-19-10-11-21(18)4/h10-11,14-17,20H,5-9,12-13H2,1-4H3. The fourth-order valence-electron chi connectivity index (χ4n) is 3.76. The number of rotatable bonds is 7. The van der Waals surface area contributed by atoms with E-state index in [1.807, 2.05) is 6.20 Å². The van der Waals surface area contributed by atoms with Crippen molar-refractivity contribution in [3.63, 3.8) is 0 Å². The minimum Gasteiger partial charge on any atom is -0.338 e. The number of nitrogens with zero attached hydrogens (tertiary/aromatic N) is 2. The lowest BCUT2D eigenvalue weighted by Crippen LogP contribution is -2.36. The SMILES string of the molecule is CCC1CCC(CNC(C)C)C(CCc2nccn2C)C1. The monoisotopic (exact) mass is 291 g/mol. The first-order valence-corrected chi connectivity index (χ1v) is 8.79. The van der Waals surface area contributed by atoms with E-state index in [0.29, 0.717) is 6.04 Å². The van der Waals surface area contributed by atoms with E-state index in [9.17, 15) is 0 Å². The Morgan fingerprint density at radius 1 is 1.33 bits per heavy atom. The average Bonchev–Trinajstić information content (AvgIpc) is 2.88. The second-order valence-corrected chi connectivity index (χ2v) is 7.16. The minimum absolute atomic E-state index is 0.601. The van der Waals surface area contributed by atoms with E-state index >= 15 is 0 Å². The first kappa shape index (κ1) is 16.5. The zero-order valence-corrected chi connectivity index (χ0v) is 14.3. The number of hydrogen-bond donors (Lipinski definition) is 1. The quantitative estimate of drug-likeness (QED) is 0.828. The normalized spacial score (nSPS) is 26.4. The first-order valence-electron chi connectivity index (χ1n) is 8.79. The number of nitrogens with one attached hydrogen (secondary N) is 1. The number of aryl methyl sites for hydroxylation is 2. The van der Waals surface area contributed by atoms with Gasteiger partial charge >= 0.3 is 0 Å². The molecular weight excluding hydrogens is 258 g/mol. The predicted octanol–water partition coefficient (Wildman–Crippen LogP) is 3.79. The third kappa shape index (κ3) is 4.84. The molecule has 120 valence electrons. The van der Waals surface area contributed by atoms with Crippen LogP contribution in [0.25, 0.3) is 0 Å².